The summed E-state index contributed by atoms with van der Waals surface area (Å²) in [5, 5.41) is 13.2. The van der Waals surface area contributed by atoms with Gasteiger partial charge in [0.15, 0.2) is 10.8 Å². The van der Waals surface area contributed by atoms with Gasteiger partial charge < -0.3 is 25.0 Å². The van der Waals surface area contributed by atoms with Crippen molar-refractivity contribution in [3.05, 3.63) is 53.0 Å². The quantitative estimate of drug-likeness (QED) is 0.462. The number of benzene rings is 2. The van der Waals surface area contributed by atoms with Gasteiger partial charge in [0.1, 0.15) is 6.10 Å². The van der Waals surface area contributed by atoms with Gasteiger partial charge >= 0.3 is 0 Å². The Morgan fingerprint density at radius 3 is 2.76 bits per heavy atom. The van der Waals surface area contributed by atoms with Gasteiger partial charge in [-0.2, -0.15) is 0 Å². The third kappa shape index (κ3) is 5.63. The standard InChI is InChI=1S/C28H34N4O4S/c1-17-13-32(18(2)16-33)28(35)20-7-6-9-22(25(20)36-23(17)15-31(3)14-19-11-12-19)29-26(34)27-30-21-8-4-5-10-24(21)37-27/h4-10,17-19,23,33H,11-16H2,1-3H3,(H,29,34)/t17-,18-,23-/m0/s1. The number of hydrogen-bond acceptors (Lipinski definition) is 7. The van der Waals surface area contributed by atoms with Crippen LogP contribution >= 0.6 is 11.3 Å². The summed E-state index contributed by atoms with van der Waals surface area (Å²) < 4.78 is 7.53. The lowest BCUT2D eigenvalue weighted by molar-refractivity contribution is 0.0345. The van der Waals surface area contributed by atoms with Crippen LogP contribution in [-0.4, -0.2) is 77.1 Å². The minimum Gasteiger partial charge on any atom is -0.486 e. The van der Waals surface area contributed by atoms with Crippen molar-refractivity contribution >= 4 is 39.1 Å². The molecule has 0 bridgehead atoms. The predicted octanol–water partition coefficient (Wildman–Crippen LogP) is 4.11. The molecule has 2 aromatic carbocycles. The highest BCUT2D eigenvalue weighted by molar-refractivity contribution is 7.20. The first-order valence-electron chi connectivity index (χ1n) is 12.9. The number of nitrogens with one attached hydrogen (secondary N) is 1. The van der Waals surface area contributed by atoms with Crippen molar-refractivity contribution in [3.8, 4) is 5.75 Å². The van der Waals surface area contributed by atoms with Crippen molar-refractivity contribution in [2.75, 3.05) is 38.6 Å². The molecule has 1 fully saturated rings. The van der Waals surface area contributed by atoms with E-state index in [1.165, 1.54) is 24.2 Å². The molecule has 196 valence electrons. The second-order valence-corrected chi connectivity index (χ2v) is 11.4. The molecular formula is C28H34N4O4S. The summed E-state index contributed by atoms with van der Waals surface area (Å²) in [6.07, 6.45) is 2.34. The van der Waals surface area contributed by atoms with Gasteiger partial charge in [-0.1, -0.05) is 25.1 Å². The molecule has 0 spiro atoms. The minimum absolute atomic E-state index is 0.0146. The number of aliphatic hydroxyl groups is 1. The summed E-state index contributed by atoms with van der Waals surface area (Å²) in [6, 6.07) is 12.5. The Morgan fingerprint density at radius 1 is 1.24 bits per heavy atom. The summed E-state index contributed by atoms with van der Waals surface area (Å²) >= 11 is 1.32. The van der Waals surface area contributed by atoms with Crippen molar-refractivity contribution in [1.29, 1.82) is 0 Å². The third-order valence-electron chi connectivity index (χ3n) is 7.19. The van der Waals surface area contributed by atoms with Crippen LogP contribution in [0.1, 0.15) is 46.8 Å². The maximum atomic E-state index is 13.6. The second kappa shape index (κ2) is 10.8. The number of aliphatic hydroxyl groups excluding tert-OH is 1. The molecule has 9 heteroatoms. The highest BCUT2D eigenvalue weighted by atomic mass is 32.1. The average molecular weight is 523 g/mol. The molecule has 8 nitrogen and oxygen atoms in total. The van der Waals surface area contributed by atoms with E-state index in [-0.39, 0.29) is 36.5 Å². The SMILES string of the molecule is C[C@H]1CN([C@@H](C)CO)C(=O)c2cccc(NC(=O)c3nc4ccccc4s3)c2O[C@H]1CN(C)CC1CC1. The first-order chi connectivity index (χ1) is 17.8. The number of aromatic nitrogens is 1. The lowest BCUT2D eigenvalue weighted by Gasteiger charge is -2.38. The molecule has 1 aromatic heterocycles. The number of para-hydroxylation sites is 2. The highest BCUT2D eigenvalue weighted by Gasteiger charge is 2.35. The molecule has 2 amide bonds. The molecular weight excluding hydrogens is 488 g/mol. The molecule has 1 saturated carbocycles. The monoisotopic (exact) mass is 522 g/mol. The number of carbonyl (C=O) groups is 2. The fourth-order valence-corrected chi connectivity index (χ4v) is 5.69. The zero-order valence-electron chi connectivity index (χ0n) is 21.5. The van der Waals surface area contributed by atoms with Gasteiger partial charge in [-0.15, -0.1) is 11.3 Å². The summed E-state index contributed by atoms with van der Waals surface area (Å²) in [4.78, 5) is 35.4. The van der Waals surface area contributed by atoms with Crippen LogP contribution in [0.3, 0.4) is 0 Å². The predicted molar refractivity (Wildman–Crippen MR) is 145 cm³/mol. The van der Waals surface area contributed by atoms with E-state index in [1.54, 1.807) is 23.1 Å². The molecule has 2 aliphatic rings. The van der Waals surface area contributed by atoms with Gasteiger partial charge in [-0.3, -0.25) is 9.59 Å². The highest BCUT2D eigenvalue weighted by Crippen LogP contribution is 2.36. The van der Waals surface area contributed by atoms with Crippen LogP contribution < -0.4 is 10.1 Å². The molecule has 3 aromatic rings. The van der Waals surface area contributed by atoms with E-state index in [0.717, 1.165) is 22.7 Å². The number of likely N-dealkylation sites (N-methyl/N-ethyl adjacent to an activating group) is 1. The van der Waals surface area contributed by atoms with Crippen LogP contribution in [0.15, 0.2) is 42.5 Å². The van der Waals surface area contributed by atoms with Gasteiger partial charge in [0.25, 0.3) is 11.8 Å². The Morgan fingerprint density at radius 2 is 2.03 bits per heavy atom. The van der Waals surface area contributed by atoms with Crippen molar-refractivity contribution in [3.63, 3.8) is 0 Å². The lowest BCUT2D eigenvalue weighted by atomic mass is 9.99. The van der Waals surface area contributed by atoms with Crippen LogP contribution in [0.2, 0.25) is 0 Å². The second-order valence-electron chi connectivity index (χ2n) is 10.4. The van der Waals surface area contributed by atoms with Gasteiger partial charge in [0.2, 0.25) is 0 Å². The van der Waals surface area contributed by atoms with E-state index >= 15 is 0 Å². The summed E-state index contributed by atoms with van der Waals surface area (Å²) in [7, 11) is 2.11. The van der Waals surface area contributed by atoms with Crippen LogP contribution in [0, 0.1) is 11.8 Å². The van der Waals surface area contributed by atoms with E-state index in [4.69, 9.17) is 4.74 Å². The number of anilines is 1. The maximum absolute atomic E-state index is 13.6. The van der Waals surface area contributed by atoms with E-state index in [2.05, 4.69) is 29.2 Å². The largest absolute Gasteiger partial charge is 0.486 e. The molecule has 37 heavy (non-hydrogen) atoms. The number of hydrogen-bond donors (Lipinski definition) is 2. The molecule has 2 N–H and O–H groups in total. The molecule has 0 saturated heterocycles. The van der Waals surface area contributed by atoms with Gasteiger partial charge in [-0.05, 0) is 57.0 Å². The summed E-state index contributed by atoms with van der Waals surface area (Å²) in [6.45, 7) is 5.99. The average Bonchev–Trinajstić information content (AvgIpc) is 3.59. The third-order valence-corrected chi connectivity index (χ3v) is 8.22. The number of carbonyl (C=O) groups excluding carboxylic acids is 2. The first-order valence-corrected chi connectivity index (χ1v) is 13.7. The molecule has 3 atom stereocenters. The van der Waals surface area contributed by atoms with E-state index in [1.807, 2.05) is 31.2 Å². The van der Waals surface area contributed by atoms with Crippen molar-refractivity contribution in [1.82, 2.24) is 14.8 Å². The zero-order valence-corrected chi connectivity index (χ0v) is 22.3. The van der Waals surface area contributed by atoms with Crippen LogP contribution in [0.25, 0.3) is 10.2 Å². The number of fused-ring (bicyclic) bond motifs is 2. The number of rotatable bonds is 8. The Balaban J connectivity index is 1.48. The van der Waals surface area contributed by atoms with Crippen LogP contribution in [-0.2, 0) is 0 Å². The Bertz CT molecular complexity index is 1260. The topological polar surface area (TPSA) is 95.0 Å². The van der Waals surface area contributed by atoms with Gasteiger partial charge in [0, 0.05) is 25.6 Å². The summed E-state index contributed by atoms with van der Waals surface area (Å²) in [5.74, 6) is 0.569. The molecule has 0 radical (unpaired) electrons. The fourth-order valence-electron chi connectivity index (χ4n) is 4.83. The number of ether oxygens (including phenoxy) is 1. The van der Waals surface area contributed by atoms with Crippen LogP contribution in [0.5, 0.6) is 5.75 Å². The van der Waals surface area contributed by atoms with E-state index in [0.29, 0.717) is 35.1 Å². The normalized spacial score (nSPS) is 20.8. The van der Waals surface area contributed by atoms with Crippen molar-refractivity contribution in [2.24, 2.45) is 11.8 Å². The number of amides is 2. The maximum Gasteiger partial charge on any atom is 0.284 e. The van der Waals surface area contributed by atoms with Crippen LogP contribution in [0.4, 0.5) is 5.69 Å². The minimum atomic E-state index is -0.344. The number of nitrogens with zero attached hydrogens (tertiary/aromatic N) is 3. The van der Waals surface area contributed by atoms with E-state index < -0.39 is 0 Å². The zero-order chi connectivity index (χ0) is 26.1. The molecule has 5 rings (SSSR count). The first kappa shape index (κ1) is 25.6. The Labute approximate surface area is 221 Å². The molecule has 0 unspecified atom stereocenters. The van der Waals surface area contributed by atoms with Gasteiger partial charge in [0.05, 0.1) is 34.1 Å². The Kier molecular flexibility index (Phi) is 7.46. The Hall–Kier alpha value is -3.01. The molecule has 2 heterocycles. The summed E-state index contributed by atoms with van der Waals surface area (Å²) in [5.41, 5.74) is 1.59. The number of thiazole rings is 1. The lowest BCUT2D eigenvalue weighted by Crippen LogP contribution is -2.50. The van der Waals surface area contributed by atoms with Crippen molar-refractivity contribution in [2.45, 2.75) is 38.8 Å². The molecule has 1 aliphatic carbocycles. The van der Waals surface area contributed by atoms with E-state index in [9.17, 15) is 14.7 Å². The smallest absolute Gasteiger partial charge is 0.284 e. The molecule has 1 aliphatic heterocycles. The fraction of sp³-hybridized carbons (Fsp3) is 0.464. The van der Waals surface area contributed by atoms with Crippen molar-refractivity contribution < 1.29 is 19.4 Å². The van der Waals surface area contributed by atoms with Gasteiger partial charge in [-0.25, -0.2) is 4.98 Å².